The molecular weight excluding hydrogens is 176 g/mol. The van der Waals surface area contributed by atoms with Gasteiger partial charge in [-0.05, 0) is 37.5 Å². The Bertz CT molecular complexity index is 354. The number of rotatable bonds is 3. The van der Waals surface area contributed by atoms with Crippen molar-refractivity contribution in [2.24, 2.45) is 0 Å². The monoisotopic (exact) mass is 192 g/mol. The van der Waals surface area contributed by atoms with Crippen molar-refractivity contribution in [3.05, 3.63) is 35.4 Å². The van der Waals surface area contributed by atoms with Gasteiger partial charge in [0, 0.05) is 5.56 Å². The van der Waals surface area contributed by atoms with Crippen molar-refractivity contribution in [2.75, 3.05) is 7.11 Å². The fraction of sp³-hybridized carbons (Fsp3) is 0.333. The Morgan fingerprint density at radius 2 is 2.07 bits per heavy atom. The second-order valence-electron chi connectivity index (χ2n) is 3.33. The summed E-state index contributed by atoms with van der Waals surface area (Å²) < 4.78 is 5.22. The number of allylic oxidation sites excluding steroid dienone is 1. The minimum Gasteiger partial charge on any atom is -0.507 e. The zero-order chi connectivity index (χ0) is 10.7. The standard InChI is InChI=1S/C12H16O2/c1-5-6-10-7-11(14-4)8(2)9(3)12(10)13/h5,7,13H,1,6H2,2-4H3. The smallest absolute Gasteiger partial charge is 0.122 e. The van der Waals surface area contributed by atoms with Crippen LogP contribution >= 0.6 is 0 Å². The number of methoxy groups -OCH3 is 1. The van der Waals surface area contributed by atoms with E-state index in [1.54, 1.807) is 13.2 Å². The number of phenolic OH excluding ortho intramolecular Hbond substituents is 1. The zero-order valence-electron chi connectivity index (χ0n) is 8.92. The molecule has 0 aliphatic heterocycles. The number of hydrogen-bond donors (Lipinski definition) is 1. The van der Waals surface area contributed by atoms with Crippen LogP contribution in [0.15, 0.2) is 18.7 Å². The molecule has 0 saturated heterocycles. The van der Waals surface area contributed by atoms with Crippen LogP contribution in [-0.2, 0) is 6.42 Å². The molecular formula is C12H16O2. The summed E-state index contributed by atoms with van der Waals surface area (Å²) in [4.78, 5) is 0. The van der Waals surface area contributed by atoms with Gasteiger partial charge in [-0.25, -0.2) is 0 Å². The van der Waals surface area contributed by atoms with Crippen LogP contribution in [0.5, 0.6) is 11.5 Å². The number of phenols is 1. The van der Waals surface area contributed by atoms with E-state index in [2.05, 4.69) is 6.58 Å². The Labute approximate surface area is 84.8 Å². The average molecular weight is 192 g/mol. The minimum absolute atomic E-state index is 0.350. The van der Waals surface area contributed by atoms with Crippen LogP contribution in [0.4, 0.5) is 0 Å². The van der Waals surface area contributed by atoms with Crippen LogP contribution in [-0.4, -0.2) is 12.2 Å². The molecule has 0 radical (unpaired) electrons. The summed E-state index contributed by atoms with van der Waals surface area (Å²) >= 11 is 0. The summed E-state index contributed by atoms with van der Waals surface area (Å²) in [6, 6.07) is 1.86. The molecule has 0 fully saturated rings. The molecule has 0 aliphatic rings. The first-order valence-corrected chi connectivity index (χ1v) is 4.58. The quantitative estimate of drug-likeness (QED) is 0.746. The Morgan fingerprint density at radius 3 is 2.57 bits per heavy atom. The van der Waals surface area contributed by atoms with Crippen LogP contribution in [0.1, 0.15) is 16.7 Å². The molecule has 0 spiro atoms. The predicted molar refractivity (Wildman–Crippen MR) is 58.0 cm³/mol. The molecule has 0 atom stereocenters. The fourth-order valence-corrected chi connectivity index (χ4v) is 1.46. The second kappa shape index (κ2) is 4.18. The van der Waals surface area contributed by atoms with E-state index in [9.17, 15) is 5.11 Å². The number of hydrogen-bond acceptors (Lipinski definition) is 2. The largest absolute Gasteiger partial charge is 0.507 e. The summed E-state index contributed by atoms with van der Waals surface area (Å²) in [6.45, 7) is 7.48. The molecule has 1 aromatic carbocycles. The third-order valence-corrected chi connectivity index (χ3v) is 2.48. The third-order valence-electron chi connectivity index (χ3n) is 2.48. The van der Waals surface area contributed by atoms with Crippen LogP contribution < -0.4 is 4.74 Å². The van der Waals surface area contributed by atoms with Gasteiger partial charge in [0.2, 0.25) is 0 Å². The van der Waals surface area contributed by atoms with Crippen molar-refractivity contribution in [1.82, 2.24) is 0 Å². The van der Waals surface area contributed by atoms with Gasteiger partial charge in [-0.1, -0.05) is 6.08 Å². The van der Waals surface area contributed by atoms with Crippen molar-refractivity contribution in [3.8, 4) is 11.5 Å². The number of benzene rings is 1. The molecule has 0 saturated carbocycles. The first-order chi connectivity index (χ1) is 6.61. The van der Waals surface area contributed by atoms with E-state index >= 15 is 0 Å². The molecule has 0 unspecified atom stereocenters. The highest BCUT2D eigenvalue weighted by molar-refractivity contribution is 5.52. The highest BCUT2D eigenvalue weighted by atomic mass is 16.5. The molecule has 2 nitrogen and oxygen atoms in total. The van der Waals surface area contributed by atoms with E-state index in [4.69, 9.17) is 4.74 Å². The molecule has 0 heterocycles. The molecule has 0 amide bonds. The minimum atomic E-state index is 0.350. The van der Waals surface area contributed by atoms with Crippen molar-refractivity contribution in [1.29, 1.82) is 0 Å². The third kappa shape index (κ3) is 1.74. The fourth-order valence-electron chi connectivity index (χ4n) is 1.46. The van der Waals surface area contributed by atoms with Gasteiger partial charge in [0.1, 0.15) is 11.5 Å². The maximum Gasteiger partial charge on any atom is 0.122 e. The summed E-state index contributed by atoms with van der Waals surface area (Å²) in [5.41, 5.74) is 2.72. The molecule has 0 aliphatic carbocycles. The van der Waals surface area contributed by atoms with Gasteiger partial charge < -0.3 is 9.84 Å². The molecule has 2 heteroatoms. The lowest BCUT2D eigenvalue weighted by atomic mass is 10.0. The SMILES string of the molecule is C=CCc1cc(OC)c(C)c(C)c1O. The Morgan fingerprint density at radius 1 is 1.43 bits per heavy atom. The van der Waals surface area contributed by atoms with E-state index in [-0.39, 0.29) is 0 Å². The first kappa shape index (κ1) is 10.6. The van der Waals surface area contributed by atoms with Gasteiger partial charge in [-0.15, -0.1) is 6.58 Å². The van der Waals surface area contributed by atoms with Crippen LogP contribution in [0, 0.1) is 13.8 Å². The maximum absolute atomic E-state index is 9.83. The van der Waals surface area contributed by atoms with Crippen LogP contribution in [0.2, 0.25) is 0 Å². The lowest BCUT2D eigenvalue weighted by Gasteiger charge is -2.12. The van der Waals surface area contributed by atoms with Gasteiger partial charge in [0.05, 0.1) is 7.11 Å². The van der Waals surface area contributed by atoms with E-state index in [1.165, 1.54) is 0 Å². The van der Waals surface area contributed by atoms with Crippen LogP contribution in [0.25, 0.3) is 0 Å². The van der Waals surface area contributed by atoms with Gasteiger partial charge in [0.15, 0.2) is 0 Å². The summed E-state index contributed by atoms with van der Waals surface area (Å²) in [5.74, 6) is 1.17. The summed E-state index contributed by atoms with van der Waals surface area (Å²) in [6.07, 6.45) is 2.42. The van der Waals surface area contributed by atoms with Gasteiger partial charge in [0.25, 0.3) is 0 Å². The van der Waals surface area contributed by atoms with Crippen molar-refractivity contribution in [2.45, 2.75) is 20.3 Å². The van der Waals surface area contributed by atoms with Gasteiger partial charge >= 0.3 is 0 Å². The van der Waals surface area contributed by atoms with E-state index in [0.717, 1.165) is 22.4 Å². The molecule has 76 valence electrons. The van der Waals surface area contributed by atoms with Crippen molar-refractivity contribution < 1.29 is 9.84 Å². The number of aromatic hydroxyl groups is 1. The summed E-state index contributed by atoms with van der Waals surface area (Å²) in [5, 5.41) is 9.83. The lowest BCUT2D eigenvalue weighted by molar-refractivity contribution is 0.406. The molecule has 1 aromatic rings. The lowest BCUT2D eigenvalue weighted by Crippen LogP contribution is -1.94. The highest BCUT2D eigenvalue weighted by Crippen LogP contribution is 2.32. The zero-order valence-corrected chi connectivity index (χ0v) is 8.92. The maximum atomic E-state index is 9.83. The van der Waals surface area contributed by atoms with E-state index < -0.39 is 0 Å². The molecule has 0 aromatic heterocycles. The summed E-state index contributed by atoms with van der Waals surface area (Å²) in [7, 11) is 1.64. The molecule has 1 N–H and O–H groups in total. The topological polar surface area (TPSA) is 29.5 Å². The highest BCUT2D eigenvalue weighted by Gasteiger charge is 2.10. The van der Waals surface area contributed by atoms with Crippen molar-refractivity contribution in [3.63, 3.8) is 0 Å². The van der Waals surface area contributed by atoms with Gasteiger partial charge in [-0.2, -0.15) is 0 Å². The molecule has 14 heavy (non-hydrogen) atoms. The van der Waals surface area contributed by atoms with Gasteiger partial charge in [-0.3, -0.25) is 0 Å². The second-order valence-corrected chi connectivity index (χ2v) is 3.33. The first-order valence-electron chi connectivity index (χ1n) is 4.58. The predicted octanol–water partition coefficient (Wildman–Crippen LogP) is 2.75. The van der Waals surface area contributed by atoms with E-state index in [0.29, 0.717) is 12.2 Å². The Hall–Kier alpha value is -1.44. The number of ether oxygens (including phenoxy) is 1. The Kier molecular flexibility index (Phi) is 3.18. The van der Waals surface area contributed by atoms with Crippen LogP contribution in [0.3, 0.4) is 0 Å². The normalized spacial score (nSPS) is 9.93. The van der Waals surface area contributed by atoms with Crippen molar-refractivity contribution >= 4 is 0 Å². The Balaban J connectivity index is 3.32. The molecule has 1 rings (SSSR count). The molecule has 0 bridgehead atoms. The average Bonchev–Trinajstić information content (AvgIpc) is 2.19. The van der Waals surface area contributed by atoms with E-state index in [1.807, 2.05) is 19.9 Å².